The highest BCUT2D eigenvalue weighted by Gasteiger charge is 2.48. The molecule has 2 aliphatic heterocycles. The van der Waals surface area contributed by atoms with Crippen LogP contribution in [0.15, 0.2) is 66.2 Å². The normalized spacial score (nSPS) is 19.9. The standard InChI is InChI=1S/C30H25ClN2O5S/c1-3-12-37-21-8-4-17(5-9-21)26-25(27(34)18-6-11-23-19(14-18)13-16(2)38-23)28(35)29(36)33(26)30-32-22-10-7-20(31)15-24(22)39-30/h4-11,14-16,26,34H,3,12-13H2,1-2H3/t16-,26-/m1/s1. The predicted molar refractivity (Wildman–Crippen MR) is 152 cm³/mol. The van der Waals surface area contributed by atoms with Gasteiger partial charge in [-0.2, -0.15) is 0 Å². The van der Waals surface area contributed by atoms with E-state index in [0.717, 1.165) is 22.4 Å². The van der Waals surface area contributed by atoms with E-state index < -0.39 is 17.7 Å². The summed E-state index contributed by atoms with van der Waals surface area (Å²) in [6.07, 6.45) is 1.60. The Bertz CT molecular complexity index is 1650. The molecule has 198 valence electrons. The lowest BCUT2D eigenvalue weighted by Gasteiger charge is -2.23. The Morgan fingerprint density at radius 1 is 1.15 bits per heavy atom. The van der Waals surface area contributed by atoms with E-state index in [4.69, 9.17) is 21.1 Å². The highest BCUT2D eigenvalue weighted by atomic mass is 35.5. The number of hydrogen-bond donors (Lipinski definition) is 1. The van der Waals surface area contributed by atoms with E-state index in [1.165, 1.54) is 16.2 Å². The van der Waals surface area contributed by atoms with Crippen LogP contribution in [0.1, 0.15) is 43.0 Å². The smallest absolute Gasteiger partial charge is 0.301 e. The number of Topliss-reactive ketones (excluding diaryl/α,β-unsaturated/α-hetero) is 1. The van der Waals surface area contributed by atoms with Crippen LogP contribution in [0.25, 0.3) is 16.0 Å². The molecule has 2 atom stereocenters. The summed E-state index contributed by atoms with van der Waals surface area (Å²) < 4.78 is 12.3. The first-order chi connectivity index (χ1) is 18.8. The SMILES string of the molecule is CCCOc1ccc([C@@H]2C(=C(O)c3ccc4c(c3)C[C@@H](C)O4)C(=O)C(=O)N2c2nc3ccc(Cl)cc3s2)cc1. The van der Waals surface area contributed by atoms with Crippen molar-refractivity contribution in [2.45, 2.75) is 38.8 Å². The number of benzene rings is 3. The second-order valence-electron chi connectivity index (χ2n) is 9.65. The summed E-state index contributed by atoms with van der Waals surface area (Å²) in [5, 5.41) is 12.4. The fraction of sp³-hybridized carbons (Fsp3) is 0.233. The van der Waals surface area contributed by atoms with Crippen LogP contribution in [-0.4, -0.2) is 34.5 Å². The molecule has 1 aromatic heterocycles. The third-order valence-corrected chi connectivity index (χ3v) is 8.08. The van der Waals surface area contributed by atoms with E-state index in [1.54, 1.807) is 42.5 Å². The molecule has 0 unspecified atom stereocenters. The summed E-state index contributed by atoms with van der Waals surface area (Å²) in [7, 11) is 0. The van der Waals surface area contributed by atoms with Crippen molar-refractivity contribution in [2.24, 2.45) is 0 Å². The van der Waals surface area contributed by atoms with Crippen molar-refractivity contribution in [1.29, 1.82) is 0 Å². The van der Waals surface area contributed by atoms with E-state index in [9.17, 15) is 14.7 Å². The van der Waals surface area contributed by atoms with Gasteiger partial charge in [0.25, 0.3) is 5.78 Å². The fourth-order valence-electron chi connectivity index (χ4n) is 5.03. The minimum Gasteiger partial charge on any atom is -0.507 e. The van der Waals surface area contributed by atoms with Gasteiger partial charge in [0.2, 0.25) is 0 Å². The average Bonchev–Trinajstić information content (AvgIpc) is 3.59. The molecular weight excluding hydrogens is 536 g/mol. The maximum atomic E-state index is 13.5. The molecule has 1 amide bonds. The molecule has 3 aromatic carbocycles. The first-order valence-electron chi connectivity index (χ1n) is 12.7. The summed E-state index contributed by atoms with van der Waals surface area (Å²) in [6, 6.07) is 16.9. The van der Waals surface area contributed by atoms with Crippen LogP contribution in [0.5, 0.6) is 11.5 Å². The van der Waals surface area contributed by atoms with Crippen molar-refractivity contribution in [1.82, 2.24) is 4.98 Å². The summed E-state index contributed by atoms with van der Waals surface area (Å²) in [4.78, 5) is 33.1. The van der Waals surface area contributed by atoms with Crippen LogP contribution in [0, 0.1) is 0 Å². The molecule has 2 aliphatic rings. The summed E-state index contributed by atoms with van der Waals surface area (Å²) in [5.74, 6) is -0.326. The van der Waals surface area contributed by atoms with Gasteiger partial charge in [0.15, 0.2) is 5.13 Å². The minimum absolute atomic E-state index is 0.00595. The van der Waals surface area contributed by atoms with Gasteiger partial charge in [-0.3, -0.25) is 14.5 Å². The Kier molecular flexibility index (Phi) is 6.53. The van der Waals surface area contributed by atoms with Crippen molar-refractivity contribution in [3.63, 3.8) is 0 Å². The molecule has 4 aromatic rings. The monoisotopic (exact) mass is 560 g/mol. The van der Waals surface area contributed by atoms with Gasteiger partial charge < -0.3 is 14.6 Å². The Labute approximate surface area is 234 Å². The third kappa shape index (κ3) is 4.53. The molecule has 0 spiro atoms. The van der Waals surface area contributed by atoms with E-state index in [0.29, 0.717) is 45.6 Å². The van der Waals surface area contributed by atoms with Crippen molar-refractivity contribution in [3.05, 3.63) is 87.9 Å². The van der Waals surface area contributed by atoms with Crippen LogP contribution in [0.4, 0.5) is 5.13 Å². The number of hydrogen-bond acceptors (Lipinski definition) is 7. The van der Waals surface area contributed by atoms with Crippen LogP contribution >= 0.6 is 22.9 Å². The number of ether oxygens (including phenoxy) is 2. The lowest BCUT2D eigenvalue weighted by atomic mass is 9.94. The fourth-order valence-corrected chi connectivity index (χ4v) is 6.29. The van der Waals surface area contributed by atoms with Gasteiger partial charge >= 0.3 is 5.91 Å². The lowest BCUT2D eigenvalue weighted by Crippen LogP contribution is -2.29. The lowest BCUT2D eigenvalue weighted by molar-refractivity contribution is -0.132. The molecule has 39 heavy (non-hydrogen) atoms. The van der Waals surface area contributed by atoms with Crippen molar-refractivity contribution in [2.75, 3.05) is 11.5 Å². The number of halogens is 1. The van der Waals surface area contributed by atoms with Gasteiger partial charge in [0.05, 0.1) is 28.4 Å². The predicted octanol–water partition coefficient (Wildman–Crippen LogP) is 6.69. The molecule has 1 N–H and O–H groups in total. The number of aromatic nitrogens is 1. The number of carbonyl (C=O) groups excluding carboxylic acids is 2. The Morgan fingerprint density at radius 3 is 2.72 bits per heavy atom. The number of fused-ring (bicyclic) bond motifs is 2. The summed E-state index contributed by atoms with van der Waals surface area (Å²) >= 11 is 7.44. The van der Waals surface area contributed by atoms with Gasteiger partial charge in [-0.15, -0.1) is 0 Å². The number of thiazole rings is 1. The van der Waals surface area contributed by atoms with Crippen LogP contribution < -0.4 is 14.4 Å². The highest BCUT2D eigenvalue weighted by Crippen LogP contribution is 2.45. The first kappa shape index (κ1) is 25.4. The molecule has 7 nitrogen and oxygen atoms in total. The van der Waals surface area contributed by atoms with Crippen molar-refractivity contribution in [3.8, 4) is 11.5 Å². The summed E-state index contributed by atoms with van der Waals surface area (Å²) in [5.41, 5.74) is 2.71. The number of rotatable bonds is 6. The van der Waals surface area contributed by atoms with E-state index in [-0.39, 0.29) is 17.4 Å². The average molecular weight is 561 g/mol. The molecule has 1 fully saturated rings. The van der Waals surface area contributed by atoms with Gasteiger partial charge in [-0.1, -0.05) is 42.0 Å². The molecule has 1 saturated heterocycles. The Balaban J connectivity index is 1.49. The molecule has 0 bridgehead atoms. The van der Waals surface area contributed by atoms with E-state index >= 15 is 0 Å². The maximum absolute atomic E-state index is 13.5. The molecule has 9 heteroatoms. The molecule has 0 saturated carbocycles. The van der Waals surface area contributed by atoms with Crippen LogP contribution in [0.3, 0.4) is 0 Å². The van der Waals surface area contributed by atoms with Crippen LogP contribution in [0.2, 0.25) is 5.02 Å². The topological polar surface area (TPSA) is 89.0 Å². The number of nitrogens with zero attached hydrogens (tertiary/aromatic N) is 2. The van der Waals surface area contributed by atoms with Gasteiger partial charge in [-0.25, -0.2) is 4.98 Å². The number of ketones is 1. The molecule has 0 aliphatic carbocycles. The third-order valence-electron chi connectivity index (χ3n) is 6.83. The van der Waals surface area contributed by atoms with E-state index in [2.05, 4.69) is 4.98 Å². The number of carbonyl (C=O) groups is 2. The number of aliphatic hydroxyl groups excluding tert-OH is 1. The quantitative estimate of drug-likeness (QED) is 0.161. The number of amides is 1. The Hall–Kier alpha value is -3.88. The zero-order valence-electron chi connectivity index (χ0n) is 21.3. The zero-order valence-corrected chi connectivity index (χ0v) is 22.9. The Morgan fingerprint density at radius 2 is 1.95 bits per heavy atom. The largest absolute Gasteiger partial charge is 0.507 e. The minimum atomic E-state index is -0.885. The van der Waals surface area contributed by atoms with Crippen molar-refractivity contribution < 1.29 is 24.2 Å². The number of aliphatic hydroxyl groups is 1. The maximum Gasteiger partial charge on any atom is 0.301 e. The molecule has 6 rings (SSSR count). The first-order valence-corrected chi connectivity index (χ1v) is 13.9. The zero-order chi connectivity index (χ0) is 27.3. The summed E-state index contributed by atoms with van der Waals surface area (Å²) in [6.45, 7) is 4.58. The highest BCUT2D eigenvalue weighted by molar-refractivity contribution is 7.22. The van der Waals surface area contributed by atoms with E-state index in [1.807, 2.05) is 32.0 Å². The van der Waals surface area contributed by atoms with Crippen molar-refractivity contribution >= 4 is 55.7 Å². The molecule has 3 heterocycles. The second kappa shape index (κ2) is 10.0. The van der Waals surface area contributed by atoms with Gasteiger partial charge in [-0.05, 0) is 73.0 Å². The van der Waals surface area contributed by atoms with Crippen LogP contribution in [-0.2, 0) is 16.0 Å². The van der Waals surface area contributed by atoms with Gasteiger partial charge in [0.1, 0.15) is 23.4 Å². The van der Waals surface area contributed by atoms with Gasteiger partial charge in [0, 0.05) is 17.0 Å². The second-order valence-corrected chi connectivity index (χ2v) is 11.1. The molecule has 0 radical (unpaired) electrons. The molecular formula is C30H25ClN2O5S. The number of anilines is 1.